The number of nitrogens with two attached hydrogens (primary N) is 1. The molecule has 8 nitrogen and oxygen atoms in total. The van der Waals surface area contributed by atoms with Crippen LogP contribution in [0.25, 0.3) is 0 Å². The van der Waals surface area contributed by atoms with Crippen molar-refractivity contribution in [2.24, 2.45) is 5.84 Å². The normalized spacial score (nSPS) is 12.1. The number of anilines is 1. The SMILES string of the molecule is NNc1ncc(S(=O)(=O)N(CCO)CC(F)F)cn1. The van der Waals surface area contributed by atoms with E-state index in [2.05, 4.69) is 15.4 Å². The third kappa shape index (κ3) is 4.02. The van der Waals surface area contributed by atoms with Gasteiger partial charge in [0, 0.05) is 6.54 Å². The fourth-order valence-electron chi connectivity index (χ4n) is 1.25. The van der Waals surface area contributed by atoms with Crippen LogP contribution < -0.4 is 11.3 Å². The summed E-state index contributed by atoms with van der Waals surface area (Å²) in [5.41, 5.74) is 2.10. The topological polar surface area (TPSA) is 121 Å². The molecule has 0 amide bonds. The van der Waals surface area contributed by atoms with Gasteiger partial charge in [-0.2, -0.15) is 4.31 Å². The zero-order valence-electron chi connectivity index (χ0n) is 9.70. The summed E-state index contributed by atoms with van der Waals surface area (Å²) in [5, 5.41) is 8.73. The second-order valence-corrected chi connectivity index (χ2v) is 5.30. The molecule has 0 fully saturated rings. The zero-order valence-corrected chi connectivity index (χ0v) is 10.5. The van der Waals surface area contributed by atoms with Gasteiger partial charge in [-0.1, -0.05) is 0 Å². The Kier molecular flexibility index (Phi) is 5.47. The molecule has 0 saturated carbocycles. The number of nitrogens with zero attached hydrogens (tertiary/aromatic N) is 3. The highest BCUT2D eigenvalue weighted by Gasteiger charge is 2.27. The van der Waals surface area contributed by atoms with E-state index in [1.54, 1.807) is 0 Å². The summed E-state index contributed by atoms with van der Waals surface area (Å²) in [5.74, 6) is 5.00. The van der Waals surface area contributed by atoms with Crippen molar-refractivity contribution in [2.75, 3.05) is 25.1 Å². The van der Waals surface area contributed by atoms with Gasteiger partial charge in [0.1, 0.15) is 4.90 Å². The van der Waals surface area contributed by atoms with Crippen LogP contribution in [0.1, 0.15) is 0 Å². The van der Waals surface area contributed by atoms with Crippen molar-refractivity contribution in [3.63, 3.8) is 0 Å². The van der Waals surface area contributed by atoms with Crippen LogP contribution in [0.2, 0.25) is 0 Å². The second-order valence-electron chi connectivity index (χ2n) is 3.36. The molecule has 0 aromatic carbocycles. The van der Waals surface area contributed by atoms with E-state index in [0.717, 1.165) is 12.4 Å². The smallest absolute Gasteiger partial charge is 0.252 e. The number of rotatable bonds is 7. The Bertz CT molecular complexity index is 496. The van der Waals surface area contributed by atoms with Crippen LogP contribution in [0, 0.1) is 0 Å². The molecule has 1 aromatic rings. The molecule has 19 heavy (non-hydrogen) atoms. The van der Waals surface area contributed by atoms with E-state index in [9.17, 15) is 17.2 Å². The van der Waals surface area contributed by atoms with Gasteiger partial charge in [0.25, 0.3) is 6.43 Å². The lowest BCUT2D eigenvalue weighted by Crippen LogP contribution is -2.37. The van der Waals surface area contributed by atoms with Crippen molar-refractivity contribution in [1.82, 2.24) is 14.3 Å². The lowest BCUT2D eigenvalue weighted by Gasteiger charge is -2.20. The van der Waals surface area contributed by atoms with Crippen molar-refractivity contribution in [3.05, 3.63) is 12.4 Å². The zero-order chi connectivity index (χ0) is 14.5. The predicted molar refractivity (Wildman–Crippen MR) is 61.7 cm³/mol. The molecule has 11 heteroatoms. The lowest BCUT2D eigenvalue weighted by atomic mass is 10.6. The molecular weight excluding hydrogens is 284 g/mol. The highest BCUT2D eigenvalue weighted by Crippen LogP contribution is 2.15. The Balaban J connectivity index is 3.03. The summed E-state index contributed by atoms with van der Waals surface area (Å²) in [6.07, 6.45) is -0.979. The van der Waals surface area contributed by atoms with Crippen LogP contribution in [0.4, 0.5) is 14.7 Å². The van der Waals surface area contributed by atoms with Gasteiger partial charge in [-0.15, -0.1) is 0 Å². The largest absolute Gasteiger partial charge is 0.395 e. The van der Waals surface area contributed by atoms with Gasteiger partial charge in [0.2, 0.25) is 16.0 Å². The maximum atomic E-state index is 12.3. The maximum absolute atomic E-state index is 12.3. The highest BCUT2D eigenvalue weighted by molar-refractivity contribution is 7.89. The average Bonchev–Trinajstić information content (AvgIpc) is 2.38. The number of hydrogen-bond acceptors (Lipinski definition) is 7. The molecule has 1 rings (SSSR count). The van der Waals surface area contributed by atoms with Crippen molar-refractivity contribution < 1.29 is 22.3 Å². The lowest BCUT2D eigenvalue weighted by molar-refractivity contribution is 0.113. The Morgan fingerprint density at radius 3 is 2.42 bits per heavy atom. The van der Waals surface area contributed by atoms with Crippen LogP contribution in [-0.4, -0.2) is 53.9 Å². The average molecular weight is 297 g/mol. The van der Waals surface area contributed by atoms with Gasteiger partial charge < -0.3 is 5.11 Å². The molecule has 0 atom stereocenters. The minimum Gasteiger partial charge on any atom is -0.395 e. The molecule has 0 radical (unpaired) electrons. The van der Waals surface area contributed by atoms with Gasteiger partial charge in [-0.3, -0.25) is 5.43 Å². The third-order valence-electron chi connectivity index (χ3n) is 2.09. The monoisotopic (exact) mass is 297 g/mol. The third-order valence-corrected chi connectivity index (χ3v) is 3.90. The Morgan fingerprint density at radius 1 is 1.42 bits per heavy atom. The molecule has 4 N–H and O–H groups in total. The van der Waals surface area contributed by atoms with Gasteiger partial charge in [0.05, 0.1) is 25.5 Å². The standard InChI is InChI=1S/C8H13F2N5O3S/c9-7(10)5-15(1-2-16)19(17,18)6-3-12-8(14-11)13-4-6/h3-4,7,16H,1-2,5,11H2,(H,12,13,14). The van der Waals surface area contributed by atoms with Crippen molar-refractivity contribution >= 4 is 16.0 Å². The Labute approximate surface area is 108 Å². The molecule has 0 bridgehead atoms. The number of hydrazine groups is 1. The fraction of sp³-hybridized carbons (Fsp3) is 0.500. The Morgan fingerprint density at radius 2 is 2.00 bits per heavy atom. The van der Waals surface area contributed by atoms with E-state index in [0.29, 0.717) is 4.31 Å². The van der Waals surface area contributed by atoms with Gasteiger partial charge in [0.15, 0.2) is 0 Å². The minimum atomic E-state index is -4.18. The van der Waals surface area contributed by atoms with E-state index in [-0.39, 0.29) is 10.8 Å². The number of halogens is 2. The summed E-state index contributed by atoms with van der Waals surface area (Å²) < 4.78 is 49.1. The van der Waals surface area contributed by atoms with E-state index in [4.69, 9.17) is 10.9 Å². The van der Waals surface area contributed by atoms with Crippen LogP contribution in [0.3, 0.4) is 0 Å². The van der Waals surface area contributed by atoms with Gasteiger partial charge in [-0.25, -0.2) is 33.0 Å². The summed E-state index contributed by atoms with van der Waals surface area (Å²) in [6, 6.07) is 0. The number of aromatic nitrogens is 2. The van der Waals surface area contributed by atoms with Gasteiger partial charge >= 0.3 is 0 Å². The number of nitrogen functional groups attached to an aromatic ring is 1. The second kappa shape index (κ2) is 6.65. The number of sulfonamides is 1. The first-order valence-electron chi connectivity index (χ1n) is 5.09. The van der Waals surface area contributed by atoms with Crippen LogP contribution >= 0.6 is 0 Å². The van der Waals surface area contributed by atoms with Crippen LogP contribution in [0.15, 0.2) is 17.3 Å². The summed E-state index contributed by atoms with van der Waals surface area (Å²) in [6.45, 7) is -2.03. The van der Waals surface area contributed by atoms with Crippen LogP contribution in [-0.2, 0) is 10.0 Å². The van der Waals surface area contributed by atoms with Crippen LogP contribution in [0.5, 0.6) is 0 Å². The fourth-order valence-corrected chi connectivity index (χ4v) is 2.55. The number of aliphatic hydroxyl groups excluding tert-OH is 1. The minimum absolute atomic E-state index is 0.0125. The summed E-state index contributed by atoms with van der Waals surface area (Å²) >= 11 is 0. The van der Waals surface area contributed by atoms with Crippen molar-refractivity contribution in [3.8, 4) is 0 Å². The molecule has 1 aromatic heterocycles. The van der Waals surface area contributed by atoms with E-state index < -0.39 is 36.1 Å². The van der Waals surface area contributed by atoms with Gasteiger partial charge in [-0.05, 0) is 0 Å². The molecule has 0 aliphatic heterocycles. The number of aliphatic hydroxyl groups is 1. The first-order valence-corrected chi connectivity index (χ1v) is 6.53. The number of alkyl halides is 2. The van der Waals surface area contributed by atoms with Crippen molar-refractivity contribution in [2.45, 2.75) is 11.3 Å². The molecular formula is C8H13F2N5O3S. The maximum Gasteiger partial charge on any atom is 0.252 e. The van der Waals surface area contributed by atoms with Crippen molar-refractivity contribution in [1.29, 1.82) is 0 Å². The molecule has 0 aliphatic carbocycles. The summed E-state index contributed by atoms with van der Waals surface area (Å²) in [7, 11) is -4.18. The first kappa shape index (κ1) is 15.6. The molecule has 0 saturated heterocycles. The van der Waals surface area contributed by atoms with E-state index in [1.165, 1.54) is 0 Å². The molecule has 1 heterocycles. The number of nitrogens with one attached hydrogen (secondary N) is 1. The molecule has 0 unspecified atom stereocenters. The first-order chi connectivity index (χ1) is 8.91. The van der Waals surface area contributed by atoms with E-state index in [1.807, 2.05) is 0 Å². The molecule has 108 valence electrons. The number of hydrogen-bond donors (Lipinski definition) is 3. The molecule has 0 aliphatic rings. The predicted octanol–water partition coefficient (Wildman–Crippen LogP) is -0.990. The quantitative estimate of drug-likeness (QED) is 0.436. The summed E-state index contributed by atoms with van der Waals surface area (Å²) in [4.78, 5) is 6.80. The highest BCUT2D eigenvalue weighted by atomic mass is 32.2. The molecule has 0 spiro atoms. The Hall–Kier alpha value is -1.43. The van der Waals surface area contributed by atoms with E-state index >= 15 is 0 Å².